The van der Waals surface area contributed by atoms with Crippen molar-refractivity contribution >= 4 is 17.9 Å². The Hall–Kier alpha value is -1.97. The quantitative estimate of drug-likeness (QED) is 0.636. The van der Waals surface area contributed by atoms with Crippen LogP contribution in [0.3, 0.4) is 0 Å². The molecule has 0 spiro atoms. The fourth-order valence-electron chi connectivity index (χ4n) is 2.93. The van der Waals surface area contributed by atoms with Gasteiger partial charge in [-0.25, -0.2) is 13.6 Å². The Bertz CT molecular complexity index is 571. The number of carbonyl (C=O) groups is 3. The minimum absolute atomic E-state index is 0.00220. The second-order valence-electron chi connectivity index (χ2n) is 7.76. The summed E-state index contributed by atoms with van der Waals surface area (Å²) in [6.45, 7) is 3.87. The molecular weight excluding hydrogens is 352 g/mol. The predicted octanol–water partition coefficient (Wildman–Crippen LogP) is 0.244. The summed E-state index contributed by atoms with van der Waals surface area (Å²) in [4.78, 5) is 36.8. The van der Waals surface area contributed by atoms with Crippen LogP contribution >= 0.6 is 0 Å². The third kappa shape index (κ3) is 5.26. The van der Waals surface area contributed by atoms with Gasteiger partial charge in [-0.05, 0) is 33.6 Å². The lowest BCUT2D eigenvalue weighted by atomic mass is 9.94. The first kappa shape index (κ1) is 20.3. The van der Waals surface area contributed by atoms with Crippen LogP contribution in [0, 0.1) is 5.92 Å². The van der Waals surface area contributed by atoms with Crippen LogP contribution in [0.15, 0.2) is 0 Å². The van der Waals surface area contributed by atoms with Gasteiger partial charge in [0.2, 0.25) is 5.91 Å². The number of ether oxygens (including phenoxy) is 1. The molecule has 0 aliphatic carbocycles. The Morgan fingerprint density at radius 3 is 2.50 bits per heavy atom. The van der Waals surface area contributed by atoms with Crippen LogP contribution in [0.5, 0.6) is 0 Å². The molecule has 148 valence electrons. The van der Waals surface area contributed by atoms with Crippen LogP contribution in [0.25, 0.3) is 0 Å². The molecule has 0 saturated carbocycles. The fourth-order valence-corrected chi connectivity index (χ4v) is 2.93. The van der Waals surface area contributed by atoms with Gasteiger partial charge in [-0.3, -0.25) is 9.59 Å². The molecule has 0 aromatic rings. The zero-order valence-corrected chi connectivity index (χ0v) is 15.1. The zero-order valence-electron chi connectivity index (χ0n) is 15.1. The van der Waals surface area contributed by atoms with Gasteiger partial charge in [0.05, 0.1) is 19.1 Å². The SMILES string of the molecule is CC(C)(C)OC(=O)NC(C[C@@H]1CCNC1=O)C(O)C(=O)N1CC(F)(F)C1. The Labute approximate surface area is 150 Å². The van der Waals surface area contributed by atoms with Crippen molar-refractivity contribution in [2.75, 3.05) is 19.6 Å². The van der Waals surface area contributed by atoms with E-state index in [4.69, 9.17) is 4.74 Å². The molecule has 2 fully saturated rings. The highest BCUT2D eigenvalue weighted by Crippen LogP contribution is 2.28. The summed E-state index contributed by atoms with van der Waals surface area (Å²) in [6.07, 6.45) is -2.11. The Morgan fingerprint density at radius 1 is 1.42 bits per heavy atom. The number of alkyl carbamates (subject to hydrolysis) is 1. The van der Waals surface area contributed by atoms with E-state index < -0.39 is 54.7 Å². The third-order valence-electron chi connectivity index (χ3n) is 4.19. The third-order valence-corrected chi connectivity index (χ3v) is 4.19. The van der Waals surface area contributed by atoms with E-state index in [0.29, 0.717) is 13.0 Å². The number of nitrogens with one attached hydrogen (secondary N) is 2. The van der Waals surface area contributed by atoms with Gasteiger partial charge in [0.1, 0.15) is 5.60 Å². The van der Waals surface area contributed by atoms with E-state index in [1.807, 2.05) is 0 Å². The van der Waals surface area contributed by atoms with Gasteiger partial charge in [-0.1, -0.05) is 0 Å². The second-order valence-corrected chi connectivity index (χ2v) is 7.76. The summed E-state index contributed by atoms with van der Waals surface area (Å²) in [5, 5.41) is 15.4. The molecule has 3 atom stereocenters. The van der Waals surface area contributed by atoms with Gasteiger partial charge < -0.3 is 25.4 Å². The summed E-state index contributed by atoms with van der Waals surface area (Å²) in [5.41, 5.74) is -0.798. The number of alkyl halides is 2. The summed E-state index contributed by atoms with van der Waals surface area (Å²) in [5.74, 6) is -4.60. The number of amides is 3. The number of rotatable bonds is 5. The summed E-state index contributed by atoms with van der Waals surface area (Å²) >= 11 is 0. The Morgan fingerprint density at radius 2 is 2.04 bits per heavy atom. The minimum atomic E-state index is -2.96. The molecule has 2 heterocycles. The van der Waals surface area contributed by atoms with Gasteiger partial charge in [0.25, 0.3) is 11.8 Å². The Balaban J connectivity index is 2.04. The van der Waals surface area contributed by atoms with E-state index in [2.05, 4.69) is 10.6 Å². The maximum absolute atomic E-state index is 13.0. The van der Waals surface area contributed by atoms with E-state index in [1.165, 1.54) is 0 Å². The maximum atomic E-state index is 13.0. The largest absolute Gasteiger partial charge is 0.444 e. The number of nitrogens with zero attached hydrogens (tertiary/aromatic N) is 1. The van der Waals surface area contributed by atoms with Gasteiger partial charge in [-0.2, -0.15) is 0 Å². The van der Waals surface area contributed by atoms with Crippen molar-refractivity contribution < 1.29 is 33.0 Å². The normalized spacial score (nSPS) is 24.3. The summed E-state index contributed by atoms with van der Waals surface area (Å²) in [6, 6.07) is -1.12. The first-order chi connectivity index (χ1) is 11.9. The van der Waals surface area contributed by atoms with E-state index in [0.717, 1.165) is 4.90 Å². The number of likely N-dealkylation sites (tertiary alicyclic amines) is 1. The number of hydrogen-bond donors (Lipinski definition) is 3. The van der Waals surface area contributed by atoms with Gasteiger partial charge in [0.15, 0.2) is 6.10 Å². The number of hydrogen-bond acceptors (Lipinski definition) is 5. The molecule has 26 heavy (non-hydrogen) atoms. The second kappa shape index (κ2) is 7.34. The van der Waals surface area contributed by atoms with Crippen LogP contribution in [-0.2, 0) is 14.3 Å². The maximum Gasteiger partial charge on any atom is 0.407 e. The monoisotopic (exact) mass is 377 g/mol. The van der Waals surface area contributed by atoms with Crippen molar-refractivity contribution in [3.05, 3.63) is 0 Å². The number of aliphatic hydroxyl groups excluding tert-OH is 1. The zero-order chi connectivity index (χ0) is 19.7. The predicted molar refractivity (Wildman–Crippen MR) is 86.4 cm³/mol. The van der Waals surface area contributed by atoms with Crippen LogP contribution in [0.2, 0.25) is 0 Å². The fraction of sp³-hybridized carbons (Fsp3) is 0.812. The highest BCUT2D eigenvalue weighted by atomic mass is 19.3. The average Bonchev–Trinajstić information content (AvgIpc) is 2.85. The van der Waals surface area contributed by atoms with Crippen molar-refractivity contribution in [3.8, 4) is 0 Å². The van der Waals surface area contributed by atoms with Gasteiger partial charge in [0, 0.05) is 12.5 Å². The number of halogens is 2. The number of carbonyl (C=O) groups excluding carboxylic acids is 3. The molecule has 2 rings (SSSR count). The molecule has 0 aromatic carbocycles. The topological polar surface area (TPSA) is 108 Å². The molecule has 0 aromatic heterocycles. The molecule has 3 amide bonds. The van der Waals surface area contributed by atoms with Gasteiger partial charge in [-0.15, -0.1) is 0 Å². The standard InChI is InChI=1S/C16H25F2N3O5/c1-15(2,3)26-14(25)20-10(6-9-4-5-19-12(9)23)11(22)13(24)21-7-16(17,18)8-21/h9-11,22H,4-8H2,1-3H3,(H,19,23)(H,20,25)/t9-,10?,11?/m0/s1. The van der Waals surface area contributed by atoms with Crippen molar-refractivity contribution in [3.63, 3.8) is 0 Å². The van der Waals surface area contributed by atoms with Crippen LogP contribution < -0.4 is 10.6 Å². The van der Waals surface area contributed by atoms with E-state index >= 15 is 0 Å². The molecule has 8 nitrogen and oxygen atoms in total. The molecule has 3 N–H and O–H groups in total. The molecule has 0 bridgehead atoms. The summed E-state index contributed by atoms with van der Waals surface area (Å²) < 4.78 is 31.1. The summed E-state index contributed by atoms with van der Waals surface area (Å²) in [7, 11) is 0. The van der Waals surface area contributed by atoms with Crippen molar-refractivity contribution in [2.45, 2.75) is 57.3 Å². The van der Waals surface area contributed by atoms with Crippen LogP contribution in [0.1, 0.15) is 33.6 Å². The highest BCUT2D eigenvalue weighted by Gasteiger charge is 2.49. The van der Waals surface area contributed by atoms with Crippen molar-refractivity contribution in [2.24, 2.45) is 5.92 Å². The molecule has 10 heteroatoms. The van der Waals surface area contributed by atoms with Gasteiger partial charge >= 0.3 is 6.09 Å². The smallest absolute Gasteiger partial charge is 0.407 e. The first-order valence-electron chi connectivity index (χ1n) is 8.50. The Kier molecular flexibility index (Phi) is 5.74. The molecule has 2 aliphatic rings. The average molecular weight is 377 g/mol. The molecule has 2 saturated heterocycles. The molecule has 0 radical (unpaired) electrons. The molecular formula is C16H25F2N3O5. The van der Waals surface area contributed by atoms with Crippen molar-refractivity contribution in [1.29, 1.82) is 0 Å². The minimum Gasteiger partial charge on any atom is -0.444 e. The first-order valence-corrected chi connectivity index (χ1v) is 8.50. The molecule has 2 aliphatic heterocycles. The molecule has 2 unspecified atom stereocenters. The number of aliphatic hydroxyl groups is 1. The van der Waals surface area contributed by atoms with Crippen LogP contribution in [-0.4, -0.2) is 71.2 Å². The lowest BCUT2D eigenvalue weighted by molar-refractivity contribution is -0.174. The highest BCUT2D eigenvalue weighted by molar-refractivity contribution is 5.84. The van der Waals surface area contributed by atoms with E-state index in [-0.39, 0.29) is 12.3 Å². The van der Waals surface area contributed by atoms with Crippen LogP contribution in [0.4, 0.5) is 13.6 Å². The van der Waals surface area contributed by atoms with E-state index in [1.54, 1.807) is 20.8 Å². The van der Waals surface area contributed by atoms with Crippen molar-refractivity contribution in [1.82, 2.24) is 15.5 Å². The lowest BCUT2D eigenvalue weighted by Gasteiger charge is -2.40. The van der Waals surface area contributed by atoms with E-state index in [9.17, 15) is 28.3 Å². The lowest BCUT2D eigenvalue weighted by Crippen LogP contribution is -2.63.